The third kappa shape index (κ3) is 5.65. The van der Waals surface area contributed by atoms with E-state index in [0.29, 0.717) is 32.8 Å². The molecule has 2 amide bonds. The summed E-state index contributed by atoms with van der Waals surface area (Å²) in [6.45, 7) is 6.03. The third-order valence-corrected chi connectivity index (χ3v) is 8.12. The van der Waals surface area contributed by atoms with Gasteiger partial charge < -0.3 is 9.47 Å². The number of rotatable bonds is 8. The second-order valence-electron chi connectivity index (χ2n) is 8.76. The fourth-order valence-electron chi connectivity index (χ4n) is 4.30. The summed E-state index contributed by atoms with van der Waals surface area (Å²) in [7, 11) is -4.07. The van der Waals surface area contributed by atoms with E-state index in [1.54, 1.807) is 12.1 Å². The van der Waals surface area contributed by atoms with Crippen LogP contribution < -0.4 is 9.64 Å². The fraction of sp³-hybridized carbons (Fsp3) is 0.400. The highest BCUT2D eigenvalue weighted by Crippen LogP contribution is 2.30. The SMILES string of the molecule is CC(=O)Oc1ccc(N2C(=O)CC(N(CCN3CCOCC3)S(=O)(=O)c3ccc(C)cc3)C2=O)cc1. The standard InChI is InChI=1S/C25H29N3O7S/c1-18-3-9-22(10-4-18)36(32,33)27(12-11-26-13-15-34-16-14-26)23-17-24(30)28(25(23)31)20-5-7-21(8-6-20)35-19(2)29/h3-10,23H,11-17H2,1-2H3. The number of hydrogen-bond acceptors (Lipinski definition) is 8. The van der Waals surface area contributed by atoms with Crippen molar-refractivity contribution in [2.75, 3.05) is 44.3 Å². The summed E-state index contributed by atoms with van der Waals surface area (Å²) < 4.78 is 38.9. The van der Waals surface area contributed by atoms with Crippen molar-refractivity contribution in [2.24, 2.45) is 0 Å². The molecule has 2 fully saturated rings. The van der Waals surface area contributed by atoms with E-state index in [0.717, 1.165) is 14.8 Å². The van der Waals surface area contributed by atoms with Gasteiger partial charge >= 0.3 is 5.97 Å². The molecule has 0 N–H and O–H groups in total. The van der Waals surface area contributed by atoms with Crippen LogP contribution in [0.1, 0.15) is 18.9 Å². The lowest BCUT2D eigenvalue weighted by Gasteiger charge is -2.31. The number of benzene rings is 2. The molecule has 11 heteroatoms. The number of esters is 1. The summed E-state index contributed by atoms with van der Waals surface area (Å²) in [5, 5.41) is 0. The summed E-state index contributed by atoms with van der Waals surface area (Å²) in [4.78, 5) is 40.7. The lowest BCUT2D eigenvalue weighted by molar-refractivity contribution is -0.132. The molecular formula is C25H29N3O7S. The van der Waals surface area contributed by atoms with Gasteiger partial charge in [0, 0.05) is 33.1 Å². The van der Waals surface area contributed by atoms with Crippen LogP contribution in [0.4, 0.5) is 5.69 Å². The summed E-state index contributed by atoms with van der Waals surface area (Å²) in [5.41, 5.74) is 1.19. The number of sulfonamides is 1. The molecule has 0 saturated carbocycles. The Hall–Kier alpha value is -3.12. The summed E-state index contributed by atoms with van der Waals surface area (Å²) in [6.07, 6.45) is -0.265. The fourth-order valence-corrected chi connectivity index (χ4v) is 5.87. The van der Waals surface area contributed by atoms with Gasteiger partial charge in [0.1, 0.15) is 11.8 Å². The van der Waals surface area contributed by atoms with Crippen molar-refractivity contribution in [1.29, 1.82) is 0 Å². The maximum absolute atomic E-state index is 13.7. The summed E-state index contributed by atoms with van der Waals surface area (Å²) in [6, 6.07) is 11.2. The zero-order valence-corrected chi connectivity index (χ0v) is 21.1. The Balaban J connectivity index is 1.61. The van der Waals surface area contributed by atoms with Gasteiger partial charge in [0.05, 0.1) is 30.2 Å². The van der Waals surface area contributed by atoms with E-state index in [2.05, 4.69) is 4.90 Å². The van der Waals surface area contributed by atoms with E-state index in [-0.39, 0.29) is 29.3 Å². The minimum absolute atomic E-state index is 0.0547. The van der Waals surface area contributed by atoms with Crippen molar-refractivity contribution in [2.45, 2.75) is 31.2 Å². The molecule has 1 unspecified atom stereocenters. The maximum atomic E-state index is 13.7. The van der Waals surface area contributed by atoms with Crippen molar-refractivity contribution in [3.63, 3.8) is 0 Å². The molecule has 0 aliphatic carbocycles. The lowest BCUT2D eigenvalue weighted by Crippen LogP contribution is -2.49. The first kappa shape index (κ1) is 26.0. The second-order valence-corrected chi connectivity index (χ2v) is 10.6. The van der Waals surface area contributed by atoms with E-state index >= 15 is 0 Å². The van der Waals surface area contributed by atoms with Crippen LogP contribution in [0.25, 0.3) is 0 Å². The molecule has 192 valence electrons. The van der Waals surface area contributed by atoms with Crippen LogP contribution in [0.5, 0.6) is 5.75 Å². The minimum atomic E-state index is -4.07. The molecule has 2 aliphatic rings. The topological polar surface area (TPSA) is 114 Å². The van der Waals surface area contributed by atoms with E-state index in [9.17, 15) is 22.8 Å². The smallest absolute Gasteiger partial charge is 0.308 e. The van der Waals surface area contributed by atoms with E-state index in [1.807, 2.05) is 6.92 Å². The molecule has 4 rings (SSSR count). The number of nitrogens with zero attached hydrogens (tertiary/aromatic N) is 3. The summed E-state index contributed by atoms with van der Waals surface area (Å²) >= 11 is 0. The quantitative estimate of drug-likeness (QED) is 0.296. The Bertz CT molecular complexity index is 1220. The van der Waals surface area contributed by atoms with Gasteiger partial charge in [0.25, 0.3) is 5.91 Å². The molecule has 10 nitrogen and oxygen atoms in total. The van der Waals surface area contributed by atoms with Gasteiger partial charge in [-0.3, -0.25) is 19.3 Å². The maximum Gasteiger partial charge on any atom is 0.308 e. The number of hydrogen-bond donors (Lipinski definition) is 0. The molecule has 0 spiro atoms. The average molecular weight is 516 g/mol. The molecule has 2 heterocycles. The number of ether oxygens (including phenoxy) is 2. The molecule has 2 aliphatic heterocycles. The molecule has 0 radical (unpaired) electrons. The number of aryl methyl sites for hydroxylation is 1. The Morgan fingerprint density at radius 3 is 2.31 bits per heavy atom. The first-order valence-electron chi connectivity index (χ1n) is 11.7. The first-order chi connectivity index (χ1) is 17.2. The van der Waals surface area contributed by atoms with Gasteiger partial charge in [-0.1, -0.05) is 17.7 Å². The Morgan fingerprint density at radius 1 is 1.06 bits per heavy atom. The van der Waals surface area contributed by atoms with Crippen LogP contribution in [0, 0.1) is 6.92 Å². The number of anilines is 1. The third-order valence-electron chi connectivity index (χ3n) is 6.19. The van der Waals surface area contributed by atoms with E-state index in [1.165, 1.54) is 43.3 Å². The normalized spacial score (nSPS) is 19.2. The van der Waals surface area contributed by atoms with Gasteiger partial charge in [0.15, 0.2) is 0 Å². The van der Waals surface area contributed by atoms with Crippen molar-refractivity contribution < 1.29 is 32.3 Å². The molecule has 1 atom stereocenters. The van der Waals surface area contributed by atoms with Gasteiger partial charge in [-0.2, -0.15) is 4.31 Å². The highest BCUT2D eigenvalue weighted by atomic mass is 32.2. The van der Waals surface area contributed by atoms with Crippen LogP contribution in [0.2, 0.25) is 0 Å². The molecule has 0 aromatic heterocycles. The number of amides is 2. The number of carbonyl (C=O) groups is 3. The number of morpholine rings is 1. The second kappa shape index (κ2) is 10.9. The van der Waals surface area contributed by atoms with Crippen molar-refractivity contribution in [1.82, 2.24) is 9.21 Å². The monoisotopic (exact) mass is 515 g/mol. The van der Waals surface area contributed by atoms with E-state index in [4.69, 9.17) is 9.47 Å². The molecule has 2 saturated heterocycles. The van der Waals surface area contributed by atoms with Gasteiger partial charge in [0.2, 0.25) is 15.9 Å². The number of imide groups is 1. The van der Waals surface area contributed by atoms with Crippen LogP contribution in [-0.2, 0) is 29.1 Å². The van der Waals surface area contributed by atoms with Crippen molar-refractivity contribution in [3.05, 3.63) is 54.1 Å². The molecular weight excluding hydrogens is 486 g/mol. The van der Waals surface area contributed by atoms with Crippen LogP contribution in [0.15, 0.2) is 53.4 Å². The van der Waals surface area contributed by atoms with Gasteiger partial charge in [-0.15, -0.1) is 0 Å². The predicted octanol–water partition coefficient (Wildman–Crippen LogP) is 1.58. The van der Waals surface area contributed by atoms with Crippen LogP contribution in [-0.4, -0.2) is 80.8 Å². The summed E-state index contributed by atoms with van der Waals surface area (Å²) in [5.74, 6) is -1.33. The molecule has 36 heavy (non-hydrogen) atoms. The largest absolute Gasteiger partial charge is 0.427 e. The highest BCUT2D eigenvalue weighted by Gasteiger charge is 2.47. The Kier molecular flexibility index (Phi) is 7.84. The van der Waals surface area contributed by atoms with Gasteiger partial charge in [-0.05, 0) is 43.3 Å². The van der Waals surface area contributed by atoms with E-state index < -0.39 is 33.8 Å². The number of carbonyl (C=O) groups excluding carboxylic acids is 3. The van der Waals surface area contributed by atoms with Gasteiger partial charge in [-0.25, -0.2) is 13.3 Å². The highest BCUT2D eigenvalue weighted by molar-refractivity contribution is 7.89. The molecule has 2 aromatic rings. The first-order valence-corrected chi connectivity index (χ1v) is 13.1. The minimum Gasteiger partial charge on any atom is -0.427 e. The molecule has 2 aromatic carbocycles. The van der Waals surface area contributed by atoms with Crippen molar-refractivity contribution in [3.8, 4) is 5.75 Å². The van der Waals surface area contributed by atoms with Crippen LogP contribution in [0.3, 0.4) is 0 Å². The Labute approximate surface area is 210 Å². The predicted molar refractivity (Wildman–Crippen MR) is 131 cm³/mol. The van der Waals surface area contributed by atoms with Crippen LogP contribution >= 0.6 is 0 Å². The average Bonchev–Trinajstić information content (AvgIpc) is 3.13. The lowest BCUT2D eigenvalue weighted by atomic mass is 10.2. The van der Waals surface area contributed by atoms with Crippen molar-refractivity contribution >= 4 is 33.5 Å². The zero-order chi connectivity index (χ0) is 25.9. The Morgan fingerprint density at radius 2 is 1.69 bits per heavy atom. The molecule has 0 bridgehead atoms. The zero-order valence-electron chi connectivity index (χ0n) is 20.3.